The zero-order chi connectivity index (χ0) is 5.70. The summed E-state index contributed by atoms with van der Waals surface area (Å²) in [4.78, 5) is 10.3. The standard InChI is InChI=1S/C5H8OS/c1-2-5(6)3-4-7/h1-4H2. The Morgan fingerprint density at radius 3 is 2.43 bits per heavy atom. The number of hydrogen-bond acceptors (Lipinski definition) is 1. The molecule has 0 N–H and O–H groups in total. The van der Waals surface area contributed by atoms with Gasteiger partial charge >= 0.3 is 0 Å². The molecule has 0 aliphatic carbocycles. The van der Waals surface area contributed by atoms with E-state index in [4.69, 9.17) is 0 Å². The van der Waals surface area contributed by atoms with Crippen LogP contribution in [0.15, 0.2) is 0 Å². The molecule has 0 unspecified atom stereocenters. The normalized spacial score (nSPS) is 8.86. The fourth-order valence-electron chi connectivity index (χ4n) is 0.239. The maximum absolute atomic E-state index is 10.3. The van der Waals surface area contributed by atoms with Crippen LogP contribution >= 0.6 is 12.6 Å². The molecule has 0 saturated heterocycles. The molecule has 0 aliphatic heterocycles. The van der Waals surface area contributed by atoms with Crippen molar-refractivity contribution in [1.29, 1.82) is 0 Å². The first kappa shape index (κ1) is 7.02. The lowest BCUT2D eigenvalue weighted by atomic mass is 10.2. The van der Waals surface area contributed by atoms with Crippen LogP contribution < -0.4 is 0 Å². The monoisotopic (exact) mass is 116 g/mol. The van der Waals surface area contributed by atoms with Crippen molar-refractivity contribution in [3.8, 4) is 0 Å². The number of carbonyl (C=O) groups excluding carboxylic acids is 1. The molecular formula is C5H8OS. The molecule has 0 aromatic heterocycles. The van der Waals surface area contributed by atoms with Crippen LogP contribution in [-0.4, -0.2) is 11.5 Å². The quantitative estimate of drug-likeness (QED) is 0.544. The van der Waals surface area contributed by atoms with E-state index in [0.29, 0.717) is 18.6 Å². The predicted molar refractivity (Wildman–Crippen MR) is 32.1 cm³/mol. The zero-order valence-electron chi connectivity index (χ0n) is 4.14. The van der Waals surface area contributed by atoms with Crippen LogP contribution in [0.3, 0.4) is 0 Å². The summed E-state index contributed by atoms with van der Waals surface area (Å²) in [6, 6.07) is 0. The molecule has 0 aromatic carbocycles. The molecule has 0 atom stereocenters. The Morgan fingerprint density at radius 2 is 2.29 bits per heavy atom. The van der Waals surface area contributed by atoms with Crippen molar-refractivity contribution >= 4 is 18.4 Å². The second kappa shape index (κ2) is 4.19. The van der Waals surface area contributed by atoms with E-state index in [2.05, 4.69) is 19.6 Å². The smallest absolute Gasteiger partial charge is 0.133 e. The maximum Gasteiger partial charge on any atom is 0.133 e. The van der Waals surface area contributed by atoms with Crippen LogP contribution in [-0.2, 0) is 4.79 Å². The molecule has 0 rings (SSSR count). The van der Waals surface area contributed by atoms with Crippen molar-refractivity contribution < 1.29 is 4.79 Å². The second-order valence-electron chi connectivity index (χ2n) is 1.24. The molecule has 7 heavy (non-hydrogen) atoms. The van der Waals surface area contributed by atoms with Gasteiger partial charge in [-0.3, -0.25) is 4.79 Å². The molecule has 0 heterocycles. The molecule has 0 spiro atoms. The molecule has 40 valence electrons. The fraction of sp³-hybridized carbons (Fsp3) is 0.600. The van der Waals surface area contributed by atoms with Gasteiger partial charge in [0.05, 0.1) is 0 Å². The molecule has 0 fully saturated rings. The summed E-state index contributed by atoms with van der Waals surface area (Å²) in [5.74, 6) is 0.698. The molecule has 0 amide bonds. The van der Waals surface area contributed by atoms with E-state index in [0.717, 1.165) is 0 Å². The van der Waals surface area contributed by atoms with E-state index in [9.17, 15) is 4.79 Å². The van der Waals surface area contributed by atoms with Crippen LogP contribution in [0.25, 0.3) is 0 Å². The van der Waals surface area contributed by atoms with Crippen molar-refractivity contribution in [2.45, 2.75) is 12.8 Å². The van der Waals surface area contributed by atoms with E-state index in [1.54, 1.807) is 0 Å². The van der Waals surface area contributed by atoms with Crippen LogP contribution in [0.5, 0.6) is 0 Å². The summed E-state index contributed by atoms with van der Waals surface area (Å²) in [5.41, 5.74) is 0. The molecule has 1 nitrogen and oxygen atoms in total. The van der Waals surface area contributed by atoms with Gasteiger partial charge in [-0.15, -0.1) is 0 Å². The Morgan fingerprint density at radius 1 is 1.71 bits per heavy atom. The van der Waals surface area contributed by atoms with E-state index < -0.39 is 0 Å². The summed E-state index contributed by atoms with van der Waals surface area (Å²) >= 11 is 4.55. The van der Waals surface area contributed by atoms with Crippen molar-refractivity contribution in [1.82, 2.24) is 0 Å². The number of hydrogen-bond donors (Lipinski definition) is 0. The van der Waals surface area contributed by atoms with Gasteiger partial charge in [0.2, 0.25) is 0 Å². The van der Waals surface area contributed by atoms with Gasteiger partial charge in [-0.2, -0.15) is 0 Å². The third-order valence-corrected chi connectivity index (χ3v) is 0.864. The summed E-state index contributed by atoms with van der Waals surface area (Å²) in [5, 5.41) is 0. The summed E-state index contributed by atoms with van der Waals surface area (Å²) in [6.45, 7) is 3.41. The lowest BCUT2D eigenvalue weighted by Crippen LogP contribution is -1.94. The summed E-state index contributed by atoms with van der Waals surface area (Å²) in [7, 11) is 0. The minimum atomic E-state index is 0.162. The van der Waals surface area contributed by atoms with E-state index in [1.807, 2.05) is 0 Å². The Hall–Kier alpha value is 0.0200. The number of Topliss-reactive ketones (excluding diaryl/α,β-unsaturated/α-hetero) is 1. The third kappa shape index (κ3) is 3.86. The molecule has 0 saturated carbocycles. The Labute approximate surface area is 49.5 Å². The van der Waals surface area contributed by atoms with E-state index in [-0.39, 0.29) is 5.78 Å². The zero-order valence-corrected chi connectivity index (χ0v) is 4.96. The van der Waals surface area contributed by atoms with Crippen LogP contribution in [0.4, 0.5) is 0 Å². The molecular weight excluding hydrogens is 108 g/mol. The molecule has 0 bridgehead atoms. The van der Waals surface area contributed by atoms with Crippen LogP contribution in [0.1, 0.15) is 12.8 Å². The first-order chi connectivity index (χ1) is 3.31. The highest BCUT2D eigenvalue weighted by Gasteiger charge is 1.92. The topological polar surface area (TPSA) is 17.1 Å². The lowest BCUT2D eigenvalue weighted by molar-refractivity contribution is -0.117. The molecule has 2 heteroatoms. The van der Waals surface area contributed by atoms with Gasteiger partial charge in [-0.1, -0.05) is 12.6 Å². The van der Waals surface area contributed by atoms with Gasteiger partial charge in [-0.25, -0.2) is 0 Å². The maximum atomic E-state index is 10.3. The van der Waals surface area contributed by atoms with Crippen molar-refractivity contribution in [2.24, 2.45) is 0 Å². The summed E-state index contributed by atoms with van der Waals surface area (Å²) in [6.07, 6.45) is 0.898. The number of ketones is 1. The second-order valence-corrected chi connectivity index (χ2v) is 1.65. The van der Waals surface area contributed by atoms with E-state index in [1.165, 1.54) is 0 Å². The minimum Gasteiger partial charge on any atom is -0.300 e. The molecule has 0 aromatic rings. The largest absolute Gasteiger partial charge is 0.300 e. The highest BCUT2D eigenvalue weighted by molar-refractivity contribution is 7.80. The first-order valence-corrected chi connectivity index (χ1v) is 2.78. The first-order valence-electron chi connectivity index (χ1n) is 2.20. The van der Waals surface area contributed by atoms with Crippen LogP contribution in [0.2, 0.25) is 0 Å². The van der Waals surface area contributed by atoms with Gasteiger partial charge in [0.15, 0.2) is 0 Å². The Bertz CT molecular complexity index is 61.1. The average Bonchev–Trinajstić information content (AvgIpc) is 1.68. The summed E-state index contributed by atoms with van der Waals surface area (Å²) < 4.78 is 0. The van der Waals surface area contributed by atoms with Crippen molar-refractivity contribution in [2.75, 3.05) is 5.75 Å². The Kier molecular flexibility index (Phi) is 4.20. The highest BCUT2D eigenvalue weighted by Crippen LogP contribution is 1.88. The average molecular weight is 116 g/mol. The lowest BCUT2D eigenvalue weighted by Gasteiger charge is -1.86. The predicted octanol–water partition coefficient (Wildman–Crippen LogP) is 1.37. The van der Waals surface area contributed by atoms with Crippen LogP contribution in [0, 0.1) is 6.92 Å². The highest BCUT2D eigenvalue weighted by atomic mass is 32.1. The molecule has 0 aliphatic rings. The SMILES string of the molecule is [CH2]CC(=O)CC[S]. The van der Waals surface area contributed by atoms with Crippen molar-refractivity contribution in [3.05, 3.63) is 6.92 Å². The van der Waals surface area contributed by atoms with Gasteiger partial charge in [-0.05, 0) is 6.92 Å². The van der Waals surface area contributed by atoms with Gasteiger partial charge in [0, 0.05) is 18.6 Å². The number of carbonyl (C=O) groups is 1. The van der Waals surface area contributed by atoms with Gasteiger partial charge in [0.1, 0.15) is 5.78 Å². The Balaban J connectivity index is 3.00. The fourth-order valence-corrected chi connectivity index (χ4v) is 0.467. The minimum absolute atomic E-state index is 0.162. The third-order valence-electron chi connectivity index (χ3n) is 0.660. The van der Waals surface area contributed by atoms with Crippen molar-refractivity contribution in [3.63, 3.8) is 0 Å². The van der Waals surface area contributed by atoms with Gasteiger partial charge in [0.25, 0.3) is 0 Å². The van der Waals surface area contributed by atoms with Gasteiger partial charge < -0.3 is 0 Å². The van der Waals surface area contributed by atoms with E-state index >= 15 is 0 Å². The number of rotatable bonds is 3. The molecule has 2 radical (unpaired) electrons.